The lowest BCUT2D eigenvalue weighted by molar-refractivity contribution is -0.117. The van der Waals surface area contributed by atoms with Gasteiger partial charge in [0.1, 0.15) is 0 Å². The smallest absolute Gasteiger partial charge is 0.244 e. The number of carbonyl (C=O) groups excluding carboxylic acids is 1. The van der Waals surface area contributed by atoms with Crippen LogP contribution in [0.2, 0.25) is 0 Å². The fraction of sp³-hybridized carbons (Fsp3) is 0.444. The zero-order valence-electron chi connectivity index (χ0n) is 18.7. The Bertz CT molecular complexity index is 958. The Hall–Kier alpha value is -2.53. The molecule has 0 bridgehead atoms. The average molecular weight is 439 g/mol. The zero-order chi connectivity index (χ0) is 22.5. The molecule has 0 radical (unpaired) electrons. The van der Waals surface area contributed by atoms with E-state index < -0.39 is 11.6 Å². The molecule has 0 aromatic heterocycles. The highest BCUT2D eigenvalue weighted by Gasteiger charge is 2.30. The van der Waals surface area contributed by atoms with Crippen LogP contribution in [0.4, 0.5) is 8.78 Å². The SMILES string of the molecule is Cc1ccccc1C1CCN(C2CCC(NC(=O)/C=C/c3ccc(F)c(F)c3)CC2)CC1. The van der Waals surface area contributed by atoms with Crippen molar-refractivity contribution in [3.05, 3.63) is 76.9 Å². The number of rotatable bonds is 5. The van der Waals surface area contributed by atoms with Gasteiger partial charge in [0.05, 0.1) is 0 Å². The maximum Gasteiger partial charge on any atom is 0.244 e. The molecule has 2 aromatic rings. The van der Waals surface area contributed by atoms with Gasteiger partial charge >= 0.3 is 0 Å². The first kappa shape index (κ1) is 22.7. The summed E-state index contributed by atoms with van der Waals surface area (Å²) in [4.78, 5) is 14.9. The van der Waals surface area contributed by atoms with Gasteiger partial charge < -0.3 is 10.2 Å². The molecule has 0 atom stereocenters. The summed E-state index contributed by atoms with van der Waals surface area (Å²) in [5.74, 6) is -1.31. The summed E-state index contributed by atoms with van der Waals surface area (Å²) in [6.45, 7) is 4.51. The maximum absolute atomic E-state index is 13.3. The summed E-state index contributed by atoms with van der Waals surface area (Å²) in [6, 6.07) is 13.2. The number of nitrogens with zero attached hydrogens (tertiary/aromatic N) is 1. The van der Waals surface area contributed by atoms with E-state index in [1.54, 1.807) is 0 Å². The van der Waals surface area contributed by atoms with Crippen LogP contribution in [0.15, 0.2) is 48.5 Å². The van der Waals surface area contributed by atoms with Crippen molar-refractivity contribution in [3.63, 3.8) is 0 Å². The third-order valence-corrected chi connectivity index (χ3v) is 7.09. The second-order valence-electron chi connectivity index (χ2n) is 9.19. The summed E-state index contributed by atoms with van der Waals surface area (Å²) in [6.07, 6.45) is 9.52. The standard InChI is InChI=1S/C27H32F2N2O/c1-19-4-2-3-5-24(19)21-14-16-31(17-15-21)23-10-8-22(9-11-23)30-27(32)13-7-20-6-12-25(28)26(29)18-20/h2-7,12-13,18,21-23H,8-11,14-17H2,1H3,(H,30,32)/b13-7+. The third-order valence-electron chi connectivity index (χ3n) is 7.09. The summed E-state index contributed by atoms with van der Waals surface area (Å²) in [5.41, 5.74) is 3.38. The number of hydrogen-bond donors (Lipinski definition) is 1. The Labute approximate surface area is 189 Å². The van der Waals surface area contributed by atoms with E-state index in [0.29, 0.717) is 17.5 Å². The second-order valence-corrected chi connectivity index (χ2v) is 9.19. The van der Waals surface area contributed by atoms with E-state index in [1.807, 2.05) is 0 Å². The molecule has 1 amide bonds. The molecule has 170 valence electrons. The Balaban J connectivity index is 1.21. The van der Waals surface area contributed by atoms with E-state index in [4.69, 9.17) is 0 Å². The molecule has 2 aliphatic rings. The maximum atomic E-state index is 13.3. The minimum Gasteiger partial charge on any atom is -0.350 e. The van der Waals surface area contributed by atoms with Crippen LogP contribution < -0.4 is 5.32 Å². The molecule has 2 aromatic carbocycles. The molecule has 0 unspecified atom stereocenters. The molecule has 5 heteroatoms. The molecule has 32 heavy (non-hydrogen) atoms. The van der Waals surface area contributed by atoms with Crippen LogP contribution in [-0.2, 0) is 4.79 Å². The minimum absolute atomic E-state index is 0.179. The molecular weight excluding hydrogens is 406 g/mol. The van der Waals surface area contributed by atoms with Crippen molar-refractivity contribution >= 4 is 12.0 Å². The third kappa shape index (κ3) is 5.63. The van der Waals surface area contributed by atoms with E-state index in [2.05, 4.69) is 41.4 Å². The van der Waals surface area contributed by atoms with E-state index in [0.717, 1.165) is 50.9 Å². The summed E-state index contributed by atoms with van der Waals surface area (Å²) < 4.78 is 26.3. The van der Waals surface area contributed by atoms with Gasteiger partial charge in [0.15, 0.2) is 11.6 Å². The molecule has 1 aliphatic carbocycles. The van der Waals surface area contributed by atoms with Crippen LogP contribution in [0.3, 0.4) is 0 Å². The normalized spacial score (nSPS) is 22.8. The summed E-state index contributed by atoms with van der Waals surface area (Å²) in [7, 11) is 0. The van der Waals surface area contributed by atoms with Gasteiger partial charge in [-0.2, -0.15) is 0 Å². The number of carbonyl (C=O) groups is 1. The topological polar surface area (TPSA) is 32.3 Å². The van der Waals surface area contributed by atoms with Gasteiger partial charge in [-0.25, -0.2) is 8.78 Å². The van der Waals surface area contributed by atoms with Crippen molar-refractivity contribution in [2.24, 2.45) is 0 Å². The van der Waals surface area contributed by atoms with Crippen molar-refractivity contribution in [3.8, 4) is 0 Å². The predicted molar refractivity (Wildman–Crippen MR) is 124 cm³/mol. The minimum atomic E-state index is -0.909. The number of aryl methyl sites for hydroxylation is 1. The largest absolute Gasteiger partial charge is 0.350 e. The molecule has 4 rings (SSSR count). The molecular formula is C27H32F2N2O. The van der Waals surface area contributed by atoms with Gasteiger partial charge in [0.25, 0.3) is 0 Å². The number of amides is 1. The fourth-order valence-corrected chi connectivity index (χ4v) is 5.24. The number of likely N-dealkylation sites (tertiary alicyclic amines) is 1. The first-order valence-corrected chi connectivity index (χ1v) is 11.7. The lowest BCUT2D eigenvalue weighted by Crippen LogP contribution is -2.46. The molecule has 1 heterocycles. The van der Waals surface area contributed by atoms with Gasteiger partial charge in [-0.15, -0.1) is 0 Å². The van der Waals surface area contributed by atoms with Crippen molar-refractivity contribution in [1.82, 2.24) is 10.2 Å². The number of halogens is 2. The van der Waals surface area contributed by atoms with Crippen molar-refractivity contribution in [2.75, 3.05) is 13.1 Å². The van der Waals surface area contributed by atoms with E-state index >= 15 is 0 Å². The lowest BCUT2D eigenvalue weighted by Gasteiger charge is -2.41. The Morgan fingerprint density at radius 3 is 2.38 bits per heavy atom. The van der Waals surface area contributed by atoms with Gasteiger partial charge in [-0.05, 0) is 99.4 Å². The van der Waals surface area contributed by atoms with Gasteiger partial charge in [0, 0.05) is 18.2 Å². The van der Waals surface area contributed by atoms with Crippen LogP contribution >= 0.6 is 0 Å². The quantitative estimate of drug-likeness (QED) is 0.617. The predicted octanol–water partition coefficient (Wildman–Crippen LogP) is 5.59. The molecule has 1 saturated heterocycles. The Morgan fingerprint density at radius 2 is 1.69 bits per heavy atom. The molecule has 1 aliphatic heterocycles. The number of benzene rings is 2. The number of hydrogen-bond acceptors (Lipinski definition) is 2. The van der Waals surface area contributed by atoms with Crippen molar-refractivity contribution in [1.29, 1.82) is 0 Å². The molecule has 2 fully saturated rings. The number of piperidine rings is 1. The van der Waals surface area contributed by atoms with Gasteiger partial charge in [-0.3, -0.25) is 4.79 Å². The van der Waals surface area contributed by atoms with Crippen LogP contribution in [0, 0.1) is 18.6 Å². The molecule has 3 nitrogen and oxygen atoms in total. The summed E-state index contributed by atoms with van der Waals surface area (Å²) >= 11 is 0. The monoisotopic (exact) mass is 438 g/mol. The van der Waals surface area contributed by atoms with Crippen LogP contribution in [-0.4, -0.2) is 36.0 Å². The zero-order valence-corrected chi connectivity index (χ0v) is 18.7. The van der Waals surface area contributed by atoms with Crippen molar-refractivity contribution in [2.45, 2.75) is 63.5 Å². The first-order chi connectivity index (χ1) is 15.5. The highest BCUT2D eigenvalue weighted by molar-refractivity contribution is 5.91. The summed E-state index contributed by atoms with van der Waals surface area (Å²) in [5, 5.41) is 3.06. The highest BCUT2D eigenvalue weighted by atomic mass is 19.2. The Kier molecular flexibility index (Phi) is 7.36. The van der Waals surface area contributed by atoms with Crippen LogP contribution in [0.25, 0.3) is 6.08 Å². The first-order valence-electron chi connectivity index (χ1n) is 11.7. The van der Waals surface area contributed by atoms with E-state index in [-0.39, 0.29) is 11.9 Å². The lowest BCUT2D eigenvalue weighted by atomic mass is 9.84. The van der Waals surface area contributed by atoms with Crippen LogP contribution in [0.5, 0.6) is 0 Å². The Morgan fingerprint density at radius 1 is 0.969 bits per heavy atom. The van der Waals surface area contributed by atoms with Gasteiger partial charge in [0.2, 0.25) is 5.91 Å². The molecule has 0 spiro atoms. The number of nitrogens with one attached hydrogen (secondary N) is 1. The molecule has 1 saturated carbocycles. The highest BCUT2D eigenvalue weighted by Crippen LogP contribution is 2.33. The van der Waals surface area contributed by atoms with Gasteiger partial charge in [-0.1, -0.05) is 30.3 Å². The van der Waals surface area contributed by atoms with E-state index in [1.165, 1.54) is 42.2 Å². The van der Waals surface area contributed by atoms with E-state index in [9.17, 15) is 13.6 Å². The average Bonchev–Trinajstić information content (AvgIpc) is 2.81. The fourth-order valence-electron chi connectivity index (χ4n) is 5.24. The second kappa shape index (κ2) is 10.4. The van der Waals surface area contributed by atoms with Crippen molar-refractivity contribution < 1.29 is 13.6 Å². The molecule has 1 N–H and O–H groups in total. The van der Waals surface area contributed by atoms with Crippen LogP contribution in [0.1, 0.15) is 61.1 Å².